The molecule has 0 amide bonds. The van der Waals surface area contributed by atoms with Crippen molar-refractivity contribution >= 4 is 43.1 Å². The fourth-order valence-electron chi connectivity index (χ4n) is 4.10. The lowest BCUT2D eigenvalue weighted by Gasteiger charge is -2.17. The van der Waals surface area contributed by atoms with Gasteiger partial charge in [0, 0.05) is 26.9 Å². The summed E-state index contributed by atoms with van der Waals surface area (Å²) in [5.41, 5.74) is 0. The summed E-state index contributed by atoms with van der Waals surface area (Å²) in [4.78, 5) is 0. The second-order valence-electron chi connectivity index (χ2n) is 7.35. The van der Waals surface area contributed by atoms with Gasteiger partial charge in [0.25, 0.3) is 0 Å². The zero-order chi connectivity index (χ0) is 19.4. The van der Waals surface area contributed by atoms with E-state index in [2.05, 4.69) is 0 Å². The van der Waals surface area contributed by atoms with E-state index in [0.29, 0.717) is 11.1 Å². The quantitative estimate of drug-likeness (QED) is 0.294. The van der Waals surface area contributed by atoms with Crippen LogP contribution in [0.5, 0.6) is 5.75 Å². The lowest BCUT2D eigenvalue weighted by Crippen LogP contribution is -2.06. The molecule has 0 N–H and O–H groups in total. The second-order valence-corrected chi connectivity index (χ2v) is 7.35. The van der Waals surface area contributed by atoms with Gasteiger partial charge in [-0.1, -0.05) is 60.7 Å². The van der Waals surface area contributed by atoms with Crippen molar-refractivity contribution in [3.05, 3.63) is 78.4 Å². The van der Waals surface area contributed by atoms with Crippen molar-refractivity contribution < 1.29 is 13.5 Å². The molecule has 0 bridgehead atoms. The Morgan fingerprint density at radius 1 is 0.607 bits per heavy atom. The van der Waals surface area contributed by atoms with Crippen molar-refractivity contribution in [2.24, 2.45) is 0 Å². The second kappa shape index (κ2) is 6.16. The number of halogens is 2. The predicted molar refractivity (Wildman–Crippen MR) is 112 cm³/mol. The van der Waals surface area contributed by atoms with Crippen LogP contribution >= 0.6 is 0 Å². The van der Waals surface area contributed by atoms with Gasteiger partial charge in [-0.25, -0.2) is 8.78 Å². The predicted octanol–water partition coefficient (Wildman–Crippen LogP) is 7.36. The molecule has 0 saturated heterocycles. The molecule has 0 radical (unpaired) electrons. The van der Waals surface area contributed by atoms with Gasteiger partial charge in [-0.3, -0.25) is 0 Å². The van der Waals surface area contributed by atoms with Gasteiger partial charge in [-0.2, -0.15) is 0 Å². The number of hydrogen-bond donors (Lipinski definition) is 0. The van der Waals surface area contributed by atoms with Crippen molar-refractivity contribution in [1.29, 1.82) is 0 Å². The van der Waals surface area contributed by atoms with Crippen LogP contribution in [0.25, 0.3) is 43.1 Å². The number of benzene rings is 5. The van der Waals surface area contributed by atoms with Crippen molar-refractivity contribution in [3.63, 3.8) is 0 Å². The van der Waals surface area contributed by atoms with Gasteiger partial charge in [0.2, 0.25) is 0 Å². The largest absolute Gasteiger partial charge is 0.490 e. The molecule has 0 spiro atoms. The maximum absolute atomic E-state index is 15.0. The summed E-state index contributed by atoms with van der Waals surface area (Å²) in [5, 5.41) is 5.61. The summed E-state index contributed by atoms with van der Waals surface area (Å²) in [7, 11) is 0. The zero-order valence-electron chi connectivity index (χ0n) is 15.6. The van der Waals surface area contributed by atoms with Gasteiger partial charge >= 0.3 is 0 Å². The third-order valence-electron chi connectivity index (χ3n) is 5.21. The summed E-state index contributed by atoms with van der Waals surface area (Å²) >= 11 is 0. The van der Waals surface area contributed by atoms with Crippen LogP contribution in [0, 0.1) is 11.6 Å². The molecule has 138 valence electrons. The minimum absolute atomic E-state index is 0.0332. The molecule has 0 aromatic heterocycles. The molecule has 0 saturated carbocycles. The Balaban J connectivity index is 2.14. The highest BCUT2D eigenvalue weighted by Gasteiger charge is 2.20. The van der Waals surface area contributed by atoms with E-state index in [9.17, 15) is 4.39 Å². The van der Waals surface area contributed by atoms with Crippen LogP contribution in [0.1, 0.15) is 13.8 Å². The van der Waals surface area contributed by atoms with Crippen LogP contribution in [0.15, 0.2) is 66.7 Å². The fraction of sp³-hybridized carbons (Fsp3) is 0.120. The molecule has 28 heavy (non-hydrogen) atoms. The molecule has 3 heteroatoms. The molecule has 5 aromatic rings. The summed E-state index contributed by atoms with van der Waals surface area (Å²) < 4.78 is 36.0. The Labute approximate surface area is 161 Å². The van der Waals surface area contributed by atoms with Gasteiger partial charge in [-0.05, 0) is 36.1 Å². The molecule has 0 aliphatic rings. The van der Waals surface area contributed by atoms with Gasteiger partial charge < -0.3 is 4.74 Å². The average Bonchev–Trinajstić information content (AvgIpc) is 2.70. The molecule has 0 heterocycles. The first-order valence-electron chi connectivity index (χ1n) is 9.37. The smallest absolute Gasteiger partial charge is 0.167 e. The molecule has 0 aliphatic carbocycles. The Morgan fingerprint density at radius 3 is 2.00 bits per heavy atom. The van der Waals surface area contributed by atoms with Gasteiger partial charge in [0.1, 0.15) is 5.75 Å². The van der Waals surface area contributed by atoms with E-state index in [1.165, 1.54) is 0 Å². The molecule has 5 rings (SSSR count). The van der Waals surface area contributed by atoms with E-state index in [0.717, 1.165) is 26.9 Å². The van der Waals surface area contributed by atoms with E-state index in [1.807, 2.05) is 68.4 Å². The Hall–Kier alpha value is -3.20. The monoisotopic (exact) mass is 372 g/mol. The maximum atomic E-state index is 15.0. The average molecular weight is 372 g/mol. The van der Waals surface area contributed by atoms with E-state index < -0.39 is 11.6 Å². The number of rotatable bonds is 2. The van der Waals surface area contributed by atoms with Gasteiger partial charge in [0.05, 0.1) is 6.10 Å². The van der Waals surface area contributed by atoms with E-state index in [-0.39, 0.29) is 16.9 Å². The van der Waals surface area contributed by atoms with Gasteiger partial charge in [-0.15, -0.1) is 0 Å². The van der Waals surface area contributed by atoms with Crippen molar-refractivity contribution in [2.45, 2.75) is 20.0 Å². The van der Waals surface area contributed by atoms with Crippen molar-refractivity contribution in [3.8, 4) is 5.75 Å². The number of hydrogen-bond acceptors (Lipinski definition) is 1. The van der Waals surface area contributed by atoms with Crippen LogP contribution in [0.2, 0.25) is 0 Å². The molecular weight excluding hydrogens is 354 g/mol. The fourth-order valence-corrected chi connectivity index (χ4v) is 4.10. The summed E-state index contributed by atoms with van der Waals surface area (Å²) in [6.45, 7) is 3.91. The standard InChI is InChI=1S/C25H18F2O/c1-14(2)28-20-9-5-7-16-11-13-19-23(21(16)20)22-17-8-4-3-6-15(17)10-12-18(22)24(26)25(19)27/h3-14H,1-2H3. The number of ether oxygens (including phenoxy) is 1. The van der Waals surface area contributed by atoms with E-state index in [4.69, 9.17) is 4.74 Å². The van der Waals surface area contributed by atoms with Crippen LogP contribution in [0.4, 0.5) is 8.78 Å². The topological polar surface area (TPSA) is 9.23 Å². The molecule has 0 aliphatic heterocycles. The maximum Gasteiger partial charge on any atom is 0.167 e. The lowest BCUT2D eigenvalue weighted by molar-refractivity contribution is 0.245. The Bertz CT molecular complexity index is 1390. The highest BCUT2D eigenvalue weighted by molar-refractivity contribution is 6.28. The molecule has 5 aromatic carbocycles. The van der Waals surface area contributed by atoms with Crippen molar-refractivity contribution in [1.82, 2.24) is 0 Å². The SMILES string of the molecule is CC(C)Oc1cccc2ccc3c(F)c(F)c4ccc5ccccc5c4c3c12. The summed E-state index contributed by atoms with van der Waals surface area (Å²) in [6, 6.07) is 20.6. The van der Waals surface area contributed by atoms with Crippen LogP contribution in [-0.4, -0.2) is 6.10 Å². The van der Waals surface area contributed by atoms with Gasteiger partial charge in [0.15, 0.2) is 11.6 Å². The van der Waals surface area contributed by atoms with E-state index in [1.54, 1.807) is 12.1 Å². The minimum atomic E-state index is -0.820. The van der Waals surface area contributed by atoms with Crippen LogP contribution in [-0.2, 0) is 0 Å². The highest BCUT2D eigenvalue weighted by atomic mass is 19.2. The first kappa shape index (κ1) is 16.9. The first-order chi connectivity index (χ1) is 13.6. The third-order valence-corrected chi connectivity index (χ3v) is 5.21. The van der Waals surface area contributed by atoms with Crippen LogP contribution < -0.4 is 4.74 Å². The molecular formula is C25H18F2O. The normalized spacial score (nSPS) is 11.9. The Morgan fingerprint density at radius 2 is 1.25 bits per heavy atom. The zero-order valence-corrected chi connectivity index (χ0v) is 15.6. The molecule has 1 nitrogen and oxygen atoms in total. The number of fused-ring (bicyclic) bond motifs is 7. The third kappa shape index (κ3) is 2.36. The Kier molecular flexibility index (Phi) is 3.73. The first-order valence-corrected chi connectivity index (χ1v) is 9.37. The highest BCUT2D eigenvalue weighted by Crippen LogP contribution is 2.42. The summed E-state index contributed by atoms with van der Waals surface area (Å²) in [6.07, 6.45) is -0.0332. The molecule has 0 unspecified atom stereocenters. The lowest BCUT2D eigenvalue weighted by atomic mass is 9.92. The molecule has 0 fully saturated rings. The van der Waals surface area contributed by atoms with E-state index >= 15 is 4.39 Å². The summed E-state index contributed by atoms with van der Waals surface area (Å²) in [5.74, 6) is -0.952. The van der Waals surface area contributed by atoms with Crippen LogP contribution in [0.3, 0.4) is 0 Å². The molecule has 0 atom stereocenters. The minimum Gasteiger partial charge on any atom is -0.490 e. The van der Waals surface area contributed by atoms with Crippen molar-refractivity contribution in [2.75, 3.05) is 0 Å².